The number of thiophene rings is 1. The van der Waals surface area contributed by atoms with Crippen LogP contribution < -0.4 is 4.90 Å². The van der Waals surface area contributed by atoms with Gasteiger partial charge in [0.25, 0.3) is 0 Å². The lowest BCUT2D eigenvalue weighted by Gasteiger charge is -2.30. The van der Waals surface area contributed by atoms with Crippen LogP contribution in [0.15, 0.2) is 180 Å². The first-order valence-corrected chi connectivity index (χ1v) is 17.4. The maximum atomic E-state index is 6.38. The van der Waals surface area contributed by atoms with Crippen LogP contribution in [0, 0.1) is 0 Å². The van der Waals surface area contributed by atoms with E-state index >= 15 is 0 Å². The molecule has 0 fully saturated rings. The molecule has 0 unspecified atom stereocenters. The highest BCUT2D eigenvalue weighted by Gasteiger charge is 2.24. The molecule has 0 bridgehead atoms. The summed E-state index contributed by atoms with van der Waals surface area (Å²) in [4.78, 5) is 2.49. The molecule has 2 heterocycles. The summed E-state index contributed by atoms with van der Waals surface area (Å²) in [5.41, 5.74) is 9.82. The predicted octanol–water partition coefficient (Wildman–Crippen LogP) is 13.9. The normalized spacial score (nSPS) is 11.7. The Morgan fingerprint density at radius 3 is 1.90 bits per heavy atom. The number of anilines is 3. The molecular formula is C46H29NOS. The van der Waals surface area contributed by atoms with E-state index in [-0.39, 0.29) is 0 Å². The average Bonchev–Trinajstić information content (AvgIpc) is 3.74. The number of hydrogen-bond acceptors (Lipinski definition) is 3. The van der Waals surface area contributed by atoms with Crippen LogP contribution in [0.1, 0.15) is 0 Å². The molecule has 8 aromatic carbocycles. The van der Waals surface area contributed by atoms with Crippen LogP contribution in [0.5, 0.6) is 0 Å². The first-order chi connectivity index (χ1) is 24.3. The van der Waals surface area contributed by atoms with E-state index < -0.39 is 0 Å². The summed E-state index contributed by atoms with van der Waals surface area (Å²) >= 11 is 1.85. The Labute approximate surface area is 287 Å². The molecule has 0 aliphatic carbocycles. The molecular weight excluding hydrogens is 615 g/mol. The van der Waals surface area contributed by atoms with Gasteiger partial charge in [0.15, 0.2) is 0 Å². The lowest BCUT2D eigenvalue weighted by atomic mass is 9.95. The molecule has 0 spiro atoms. The third kappa shape index (κ3) is 4.47. The highest BCUT2D eigenvalue weighted by atomic mass is 32.1. The van der Waals surface area contributed by atoms with Crippen LogP contribution in [-0.2, 0) is 0 Å². The van der Waals surface area contributed by atoms with Crippen molar-refractivity contribution in [3.8, 4) is 22.3 Å². The predicted molar refractivity (Wildman–Crippen MR) is 210 cm³/mol. The Hall–Kier alpha value is -6.16. The van der Waals surface area contributed by atoms with Crippen molar-refractivity contribution < 1.29 is 4.42 Å². The Bertz CT molecular complexity index is 2860. The van der Waals surface area contributed by atoms with Gasteiger partial charge in [-0.3, -0.25) is 0 Å². The van der Waals surface area contributed by atoms with E-state index in [9.17, 15) is 0 Å². The fourth-order valence-electron chi connectivity index (χ4n) is 7.50. The molecule has 0 aliphatic heterocycles. The summed E-state index contributed by atoms with van der Waals surface area (Å²) in [6.07, 6.45) is 0. The maximum absolute atomic E-state index is 6.38. The second kappa shape index (κ2) is 11.2. The van der Waals surface area contributed by atoms with Gasteiger partial charge in [0.2, 0.25) is 0 Å². The number of furan rings is 1. The van der Waals surface area contributed by atoms with Crippen LogP contribution in [0.25, 0.3) is 75.1 Å². The van der Waals surface area contributed by atoms with Gasteiger partial charge in [-0.15, -0.1) is 11.3 Å². The van der Waals surface area contributed by atoms with Gasteiger partial charge >= 0.3 is 0 Å². The van der Waals surface area contributed by atoms with Crippen molar-refractivity contribution >= 4 is 81.3 Å². The molecule has 10 aromatic rings. The average molecular weight is 644 g/mol. The van der Waals surface area contributed by atoms with Gasteiger partial charge in [0.1, 0.15) is 11.2 Å². The number of para-hydroxylation sites is 3. The second-order valence-corrected chi connectivity index (χ2v) is 13.5. The maximum Gasteiger partial charge on any atom is 0.136 e. The zero-order valence-electron chi connectivity index (χ0n) is 26.5. The lowest BCUT2D eigenvalue weighted by Crippen LogP contribution is -2.13. The molecule has 3 heteroatoms. The Balaban J connectivity index is 1.30. The number of benzene rings is 8. The topological polar surface area (TPSA) is 16.4 Å². The number of fused-ring (bicyclic) bond motifs is 7. The minimum Gasteiger partial charge on any atom is -0.456 e. The van der Waals surface area contributed by atoms with Gasteiger partial charge in [-0.25, -0.2) is 0 Å². The molecule has 230 valence electrons. The first kappa shape index (κ1) is 27.9. The molecule has 0 saturated carbocycles. The van der Waals surface area contributed by atoms with E-state index in [1.807, 2.05) is 17.4 Å². The van der Waals surface area contributed by atoms with E-state index in [4.69, 9.17) is 4.42 Å². The Morgan fingerprint density at radius 2 is 1.00 bits per heavy atom. The van der Waals surface area contributed by atoms with Gasteiger partial charge in [-0.1, -0.05) is 127 Å². The third-order valence-electron chi connectivity index (χ3n) is 9.66. The highest BCUT2D eigenvalue weighted by Crippen LogP contribution is 2.50. The van der Waals surface area contributed by atoms with E-state index in [1.165, 1.54) is 42.1 Å². The van der Waals surface area contributed by atoms with Crippen LogP contribution in [-0.4, -0.2) is 0 Å². The third-order valence-corrected chi connectivity index (χ3v) is 10.8. The molecule has 2 nitrogen and oxygen atoms in total. The van der Waals surface area contributed by atoms with Gasteiger partial charge in [-0.05, 0) is 70.4 Å². The summed E-state index contributed by atoms with van der Waals surface area (Å²) in [5, 5.41) is 7.25. The minimum absolute atomic E-state index is 0.891. The van der Waals surface area contributed by atoms with E-state index in [1.54, 1.807) is 0 Å². The quantitative estimate of drug-likeness (QED) is 0.186. The molecule has 0 atom stereocenters. The number of hydrogen-bond donors (Lipinski definition) is 0. The fraction of sp³-hybridized carbons (Fsp3) is 0. The molecule has 0 saturated heterocycles. The van der Waals surface area contributed by atoms with Crippen molar-refractivity contribution in [1.29, 1.82) is 0 Å². The summed E-state index contributed by atoms with van der Waals surface area (Å²) in [7, 11) is 0. The zero-order valence-corrected chi connectivity index (χ0v) is 27.3. The smallest absolute Gasteiger partial charge is 0.136 e. The van der Waals surface area contributed by atoms with Crippen molar-refractivity contribution in [2.24, 2.45) is 0 Å². The van der Waals surface area contributed by atoms with Crippen LogP contribution in [0.3, 0.4) is 0 Å². The summed E-state index contributed by atoms with van der Waals surface area (Å²) in [6, 6.07) is 63.3. The largest absolute Gasteiger partial charge is 0.456 e. The Morgan fingerprint density at radius 1 is 0.388 bits per heavy atom. The SMILES string of the molecule is c1ccc(N(c2ccccc2-c2cccc3oc4ccccc4c23)c2cccc3sc4ccccc4c23)c(-c2ccc3ccccc3c2)c1. The van der Waals surface area contributed by atoms with E-state index in [2.05, 4.69) is 175 Å². The molecule has 0 N–H and O–H groups in total. The standard InChI is InChI=1S/C46H29NOS/c1-2-14-31-29-32(28-27-30(31)13-1)33-15-3-7-20-38(33)47(40-22-12-26-44-46(40)37-18-6-10-25-43(37)49-44)39-21-8-4-16-34(39)35-19-11-24-42-45(35)36-17-5-9-23-41(36)48-42/h1-29H. The lowest BCUT2D eigenvalue weighted by molar-refractivity contribution is 0.669. The highest BCUT2D eigenvalue weighted by molar-refractivity contribution is 7.26. The minimum atomic E-state index is 0.891. The van der Waals surface area contributed by atoms with E-state index in [0.717, 1.165) is 50.1 Å². The number of rotatable bonds is 5. The first-order valence-electron chi connectivity index (χ1n) is 16.6. The van der Waals surface area contributed by atoms with Gasteiger partial charge < -0.3 is 9.32 Å². The molecule has 49 heavy (non-hydrogen) atoms. The molecule has 10 rings (SSSR count). The Kier molecular flexibility index (Phi) is 6.39. The van der Waals surface area contributed by atoms with Gasteiger partial charge in [-0.2, -0.15) is 0 Å². The summed E-state index contributed by atoms with van der Waals surface area (Å²) in [5.74, 6) is 0. The molecule has 2 aromatic heterocycles. The van der Waals surface area contributed by atoms with Gasteiger partial charge in [0.05, 0.1) is 17.1 Å². The van der Waals surface area contributed by atoms with Crippen molar-refractivity contribution in [2.75, 3.05) is 4.90 Å². The molecule has 0 radical (unpaired) electrons. The summed E-state index contributed by atoms with van der Waals surface area (Å²) in [6.45, 7) is 0. The van der Waals surface area contributed by atoms with Crippen molar-refractivity contribution in [3.05, 3.63) is 176 Å². The second-order valence-electron chi connectivity index (χ2n) is 12.5. The van der Waals surface area contributed by atoms with Gasteiger partial charge in [0, 0.05) is 42.1 Å². The monoisotopic (exact) mass is 643 g/mol. The van der Waals surface area contributed by atoms with Crippen LogP contribution >= 0.6 is 11.3 Å². The van der Waals surface area contributed by atoms with Crippen LogP contribution in [0.2, 0.25) is 0 Å². The van der Waals surface area contributed by atoms with Crippen molar-refractivity contribution in [1.82, 2.24) is 0 Å². The van der Waals surface area contributed by atoms with E-state index in [0.29, 0.717) is 0 Å². The summed E-state index contributed by atoms with van der Waals surface area (Å²) < 4.78 is 8.94. The molecule has 0 aliphatic rings. The van der Waals surface area contributed by atoms with Crippen LogP contribution in [0.4, 0.5) is 17.1 Å². The number of nitrogens with zero attached hydrogens (tertiary/aromatic N) is 1. The van der Waals surface area contributed by atoms with Crippen molar-refractivity contribution in [2.45, 2.75) is 0 Å². The fourth-order valence-corrected chi connectivity index (χ4v) is 8.62. The zero-order chi connectivity index (χ0) is 32.3. The molecule has 0 amide bonds. The van der Waals surface area contributed by atoms with Crippen molar-refractivity contribution in [3.63, 3.8) is 0 Å².